The SMILES string of the molecule is CCC(C)NC(=O)C(C)S(=O)C(C)(C)C(=O)O. The summed E-state index contributed by atoms with van der Waals surface area (Å²) in [4.78, 5) is 22.7. The third kappa shape index (κ3) is 4.11. The van der Waals surface area contributed by atoms with E-state index >= 15 is 0 Å². The molecule has 100 valence electrons. The van der Waals surface area contributed by atoms with E-state index in [4.69, 9.17) is 5.11 Å². The summed E-state index contributed by atoms with van der Waals surface area (Å²) < 4.78 is 10.6. The Labute approximate surface area is 104 Å². The van der Waals surface area contributed by atoms with Crippen molar-refractivity contribution in [3.8, 4) is 0 Å². The zero-order valence-electron chi connectivity index (χ0n) is 10.9. The van der Waals surface area contributed by atoms with Gasteiger partial charge in [-0.25, -0.2) is 0 Å². The second-order valence-electron chi connectivity index (χ2n) is 4.57. The molecule has 0 saturated carbocycles. The molecule has 0 aliphatic rings. The first-order valence-corrected chi connectivity index (χ1v) is 6.80. The summed E-state index contributed by atoms with van der Waals surface area (Å²) in [6.45, 7) is 7.97. The van der Waals surface area contributed by atoms with E-state index in [0.29, 0.717) is 0 Å². The van der Waals surface area contributed by atoms with E-state index in [0.717, 1.165) is 6.42 Å². The molecule has 0 aliphatic heterocycles. The number of carbonyl (C=O) groups is 2. The van der Waals surface area contributed by atoms with Gasteiger partial charge in [0.15, 0.2) is 0 Å². The molecule has 5 nitrogen and oxygen atoms in total. The Bertz CT molecular complexity index is 327. The third-order valence-electron chi connectivity index (χ3n) is 2.71. The number of rotatable bonds is 6. The van der Waals surface area contributed by atoms with Crippen molar-refractivity contribution in [2.45, 2.75) is 57.1 Å². The molecule has 0 aliphatic carbocycles. The van der Waals surface area contributed by atoms with Crippen LogP contribution in [0, 0.1) is 0 Å². The van der Waals surface area contributed by atoms with Gasteiger partial charge in [-0.1, -0.05) is 6.92 Å². The molecule has 17 heavy (non-hydrogen) atoms. The molecule has 2 N–H and O–H groups in total. The van der Waals surface area contributed by atoms with Crippen LogP contribution >= 0.6 is 0 Å². The molecule has 0 rings (SSSR count). The van der Waals surface area contributed by atoms with Crippen LogP contribution in [0.4, 0.5) is 0 Å². The number of hydrogen-bond donors (Lipinski definition) is 2. The highest BCUT2D eigenvalue weighted by molar-refractivity contribution is 7.88. The summed E-state index contributed by atoms with van der Waals surface area (Å²) in [5, 5.41) is 10.8. The van der Waals surface area contributed by atoms with Gasteiger partial charge in [0.2, 0.25) is 5.91 Å². The Morgan fingerprint density at radius 2 is 1.82 bits per heavy atom. The van der Waals surface area contributed by atoms with Crippen LogP contribution in [0.5, 0.6) is 0 Å². The van der Waals surface area contributed by atoms with Gasteiger partial charge in [-0.05, 0) is 34.1 Å². The Morgan fingerprint density at radius 3 is 2.18 bits per heavy atom. The highest BCUT2D eigenvalue weighted by atomic mass is 32.2. The van der Waals surface area contributed by atoms with Crippen molar-refractivity contribution in [3.05, 3.63) is 0 Å². The van der Waals surface area contributed by atoms with Crippen LogP contribution in [-0.4, -0.2) is 37.2 Å². The summed E-state index contributed by atoms with van der Waals surface area (Å²) in [6, 6.07) is -0.00473. The van der Waals surface area contributed by atoms with E-state index in [2.05, 4.69) is 5.32 Å². The summed E-state index contributed by atoms with van der Waals surface area (Å²) >= 11 is 0. The summed E-state index contributed by atoms with van der Waals surface area (Å²) in [5.74, 6) is -1.54. The molecule has 0 bridgehead atoms. The van der Waals surface area contributed by atoms with E-state index in [1.807, 2.05) is 13.8 Å². The Balaban J connectivity index is 4.72. The fourth-order valence-corrected chi connectivity index (χ4v) is 2.41. The number of amides is 1. The monoisotopic (exact) mass is 263 g/mol. The zero-order chi connectivity index (χ0) is 13.8. The van der Waals surface area contributed by atoms with Crippen LogP contribution in [0.3, 0.4) is 0 Å². The van der Waals surface area contributed by atoms with Crippen LogP contribution in [0.1, 0.15) is 41.0 Å². The highest BCUT2D eigenvalue weighted by Crippen LogP contribution is 2.17. The van der Waals surface area contributed by atoms with E-state index < -0.39 is 26.8 Å². The molecule has 1 amide bonds. The lowest BCUT2D eigenvalue weighted by molar-refractivity contribution is -0.139. The molecule has 0 fully saturated rings. The molecule has 0 aromatic rings. The molecule has 0 spiro atoms. The smallest absolute Gasteiger partial charge is 0.321 e. The van der Waals surface area contributed by atoms with Crippen molar-refractivity contribution in [2.24, 2.45) is 0 Å². The predicted octanol–water partition coefficient (Wildman–Crippen LogP) is 0.901. The number of carboxylic acid groups (broad SMARTS) is 1. The van der Waals surface area contributed by atoms with Crippen LogP contribution in [0.15, 0.2) is 0 Å². The number of aliphatic carboxylic acids is 1. The quantitative estimate of drug-likeness (QED) is 0.746. The van der Waals surface area contributed by atoms with Crippen LogP contribution in [0.25, 0.3) is 0 Å². The van der Waals surface area contributed by atoms with Crippen molar-refractivity contribution in [1.29, 1.82) is 0 Å². The number of hydrogen-bond acceptors (Lipinski definition) is 3. The largest absolute Gasteiger partial charge is 0.480 e. The maximum absolute atomic E-state index is 12.0. The highest BCUT2D eigenvalue weighted by Gasteiger charge is 2.39. The van der Waals surface area contributed by atoms with Gasteiger partial charge in [0.1, 0.15) is 10.00 Å². The Hall–Kier alpha value is -0.910. The Kier molecular flexibility index (Phi) is 5.81. The van der Waals surface area contributed by atoms with Gasteiger partial charge < -0.3 is 10.4 Å². The number of carbonyl (C=O) groups excluding carboxylic acids is 1. The normalized spacial score (nSPS) is 17.0. The van der Waals surface area contributed by atoms with Crippen molar-refractivity contribution in [2.75, 3.05) is 0 Å². The minimum Gasteiger partial charge on any atom is -0.480 e. The summed E-state index contributed by atoms with van der Waals surface area (Å²) in [7, 11) is -1.77. The minimum atomic E-state index is -1.77. The van der Waals surface area contributed by atoms with Gasteiger partial charge in [0.05, 0.1) is 10.8 Å². The van der Waals surface area contributed by atoms with Gasteiger partial charge in [-0.15, -0.1) is 0 Å². The maximum Gasteiger partial charge on any atom is 0.321 e. The van der Waals surface area contributed by atoms with Crippen molar-refractivity contribution >= 4 is 22.7 Å². The topological polar surface area (TPSA) is 83.5 Å². The van der Waals surface area contributed by atoms with Crippen molar-refractivity contribution in [1.82, 2.24) is 5.32 Å². The first-order valence-electron chi connectivity index (χ1n) is 5.59. The average molecular weight is 263 g/mol. The average Bonchev–Trinajstić information content (AvgIpc) is 2.26. The lowest BCUT2D eigenvalue weighted by Crippen LogP contribution is -2.47. The molecular weight excluding hydrogens is 242 g/mol. The van der Waals surface area contributed by atoms with E-state index in [1.54, 1.807) is 0 Å². The molecule has 0 saturated heterocycles. The fraction of sp³-hybridized carbons (Fsp3) is 0.818. The van der Waals surface area contributed by atoms with Gasteiger partial charge >= 0.3 is 5.97 Å². The molecule has 3 atom stereocenters. The van der Waals surface area contributed by atoms with Crippen LogP contribution < -0.4 is 5.32 Å². The Morgan fingerprint density at radius 1 is 1.35 bits per heavy atom. The van der Waals surface area contributed by atoms with Crippen LogP contribution in [0.2, 0.25) is 0 Å². The van der Waals surface area contributed by atoms with E-state index in [-0.39, 0.29) is 11.9 Å². The van der Waals surface area contributed by atoms with Gasteiger partial charge in [-0.2, -0.15) is 0 Å². The van der Waals surface area contributed by atoms with E-state index in [9.17, 15) is 13.8 Å². The molecule has 6 heteroatoms. The predicted molar refractivity (Wildman–Crippen MR) is 67.2 cm³/mol. The first-order chi connectivity index (χ1) is 7.64. The lowest BCUT2D eigenvalue weighted by atomic mass is 10.2. The van der Waals surface area contributed by atoms with Gasteiger partial charge in [-0.3, -0.25) is 13.8 Å². The van der Waals surface area contributed by atoms with Gasteiger partial charge in [0.25, 0.3) is 0 Å². The third-order valence-corrected chi connectivity index (χ3v) is 4.75. The zero-order valence-corrected chi connectivity index (χ0v) is 11.8. The number of carboxylic acids is 1. The fourth-order valence-electron chi connectivity index (χ4n) is 1.09. The number of nitrogens with one attached hydrogen (secondary N) is 1. The van der Waals surface area contributed by atoms with Crippen molar-refractivity contribution in [3.63, 3.8) is 0 Å². The molecule has 0 radical (unpaired) electrons. The molecule has 0 aromatic carbocycles. The molecule has 0 heterocycles. The summed E-state index contributed by atoms with van der Waals surface area (Å²) in [6.07, 6.45) is 0.771. The van der Waals surface area contributed by atoms with Crippen molar-refractivity contribution < 1.29 is 18.9 Å². The lowest BCUT2D eigenvalue weighted by Gasteiger charge is -2.23. The minimum absolute atomic E-state index is 0.00473. The second kappa shape index (κ2) is 6.14. The standard InChI is InChI=1S/C11H21NO4S/c1-6-7(2)12-9(13)8(3)17(16)11(4,5)10(14)15/h7-8H,6H2,1-5H3,(H,12,13)(H,14,15). The summed E-state index contributed by atoms with van der Waals surface area (Å²) in [5.41, 5.74) is 0. The second-order valence-corrected chi connectivity index (χ2v) is 6.90. The van der Waals surface area contributed by atoms with E-state index in [1.165, 1.54) is 20.8 Å². The molecule has 3 unspecified atom stereocenters. The first kappa shape index (κ1) is 16.1. The maximum atomic E-state index is 12.0. The molecular formula is C11H21NO4S. The molecule has 0 aromatic heterocycles. The van der Waals surface area contributed by atoms with Gasteiger partial charge in [0, 0.05) is 6.04 Å². The van der Waals surface area contributed by atoms with Crippen LogP contribution in [-0.2, 0) is 20.4 Å².